The molecule has 28 heavy (non-hydrogen) atoms. The van der Waals surface area contributed by atoms with Crippen molar-refractivity contribution in [3.8, 4) is 0 Å². The van der Waals surface area contributed by atoms with Crippen LogP contribution in [-0.4, -0.2) is 31.4 Å². The minimum atomic E-state index is -0.534. The Hall–Kier alpha value is -3.22. The molecule has 0 saturated carbocycles. The number of rotatable bonds is 6. The number of aryl methyl sites for hydroxylation is 1. The number of nitrogens with one attached hydrogen (secondary N) is 1. The molecule has 7 heteroatoms. The molecule has 0 saturated heterocycles. The fourth-order valence-electron chi connectivity index (χ4n) is 3.15. The van der Waals surface area contributed by atoms with E-state index < -0.39 is 11.2 Å². The molecule has 1 amide bonds. The lowest BCUT2D eigenvalue weighted by molar-refractivity contribution is 0.0690. The van der Waals surface area contributed by atoms with Gasteiger partial charge in [-0.1, -0.05) is 37.3 Å². The molecule has 2 aromatic heterocycles. The normalized spacial score (nSPS) is 11.1. The van der Waals surface area contributed by atoms with E-state index in [9.17, 15) is 14.4 Å². The fourth-order valence-corrected chi connectivity index (χ4v) is 3.15. The van der Waals surface area contributed by atoms with Gasteiger partial charge in [0.25, 0.3) is 11.5 Å². The van der Waals surface area contributed by atoms with Crippen molar-refractivity contribution in [2.75, 3.05) is 0 Å². The second-order valence-corrected chi connectivity index (χ2v) is 7.02. The number of H-pyrrole nitrogens is 1. The first-order chi connectivity index (χ1) is 13.4. The van der Waals surface area contributed by atoms with Crippen LogP contribution in [0.2, 0.25) is 0 Å². The number of aromatic amines is 1. The fraction of sp³-hybridized carbons (Fsp3) is 0.333. The number of hydrogen-bond acceptors (Lipinski definition) is 4. The van der Waals surface area contributed by atoms with E-state index in [0.717, 1.165) is 12.0 Å². The highest BCUT2D eigenvalue weighted by molar-refractivity contribution is 5.96. The summed E-state index contributed by atoms with van der Waals surface area (Å²) < 4.78 is 1.43. The van der Waals surface area contributed by atoms with Crippen LogP contribution in [-0.2, 0) is 13.1 Å². The van der Waals surface area contributed by atoms with Crippen LogP contribution in [0.25, 0.3) is 11.0 Å². The maximum absolute atomic E-state index is 13.1. The zero-order valence-electron chi connectivity index (χ0n) is 16.3. The van der Waals surface area contributed by atoms with E-state index in [1.165, 1.54) is 16.8 Å². The molecule has 7 nitrogen and oxygen atoms in total. The average molecular weight is 380 g/mol. The molecule has 3 aromatic rings. The summed E-state index contributed by atoms with van der Waals surface area (Å²) in [5, 5.41) is 0.238. The van der Waals surface area contributed by atoms with Crippen molar-refractivity contribution in [2.45, 2.75) is 46.3 Å². The van der Waals surface area contributed by atoms with Crippen LogP contribution >= 0.6 is 0 Å². The van der Waals surface area contributed by atoms with E-state index in [0.29, 0.717) is 24.3 Å². The molecule has 0 aliphatic rings. The SMILES string of the molecule is CCCn1c(=O)[nH]c(=O)c2cc(C(=O)N(Cc3ccccc3)C(C)C)cnc21. The summed E-state index contributed by atoms with van der Waals surface area (Å²) in [6.07, 6.45) is 2.16. The number of carbonyl (C=O) groups excluding carboxylic acids is 1. The third kappa shape index (κ3) is 3.88. The number of pyridine rings is 1. The minimum Gasteiger partial charge on any atom is -0.332 e. The number of benzene rings is 1. The first kappa shape index (κ1) is 19.5. The molecular formula is C21H24N4O3. The second kappa shape index (κ2) is 8.21. The molecule has 0 radical (unpaired) electrons. The highest BCUT2D eigenvalue weighted by atomic mass is 16.2. The molecule has 0 atom stereocenters. The van der Waals surface area contributed by atoms with Gasteiger partial charge in [-0.2, -0.15) is 0 Å². The van der Waals surface area contributed by atoms with Crippen molar-refractivity contribution in [1.29, 1.82) is 0 Å². The predicted octanol–water partition coefficient (Wildman–Crippen LogP) is 2.55. The van der Waals surface area contributed by atoms with E-state index in [2.05, 4.69) is 9.97 Å². The summed E-state index contributed by atoms with van der Waals surface area (Å²) in [5.41, 5.74) is 0.621. The lowest BCUT2D eigenvalue weighted by Crippen LogP contribution is -2.37. The number of aromatic nitrogens is 3. The number of nitrogens with zero attached hydrogens (tertiary/aromatic N) is 3. The highest BCUT2D eigenvalue weighted by Gasteiger charge is 2.21. The van der Waals surface area contributed by atoms with E-state index in [4.69, 9.17) is 0 Å². The zero-order chi connectivity index (χ0) is 20.3. The van der Waals surface area contributed by atoms with Gasteiger partial charge in [-0.15, -0.1) is 0 Å². The van der Waals surface area contributed by atoms with Crippen LogP contribution in [0.1, 0.15) is 43.1 Å². The first-order valence-electron chi connectivity index (χ1n) is 9.40. The third-order valence-electron chi connectivity index (χ3n) is 4.61. The maximum atomic E-state index is 13.1. The number of amides is 1. The Labute approximate surface area is 162 Å². The van der Waals surface area contributed by atoms with Gasteiger partial charge in [-0.3, -0.25) is 19.1 Å². The first-order valence-corrected chi connectivity index (χ1v) is 9.40. The Morgan fingerprint density at radius 1 is 1.21 bits per heavy atom. The molecule has 0 spiro atoms. The highest BCUT2D eigenvalue weighted by Crippen LogP contribution is 2.15. The van der Waals surface area contributed by atoms with Gasteiger partial charge in [-0.05, 0) is 31.9 Å². The summed E-state index contributed by atoms with van der Waals surface area (Å²) in [7, 11) is 0. The Kier molecular flexibility index (Phi) is 5.73. The van der Waals surface area contributed by atoms with E-state index in [-0.39, 0.29) is 17.3 Å². The lowest BCUT2D eigenvalue weighted by atomic mass is 10.1. The van der Waals surface area contributed by atoms with Gasteiger partial charge in [0, 0.05) is 25.3 Å². The van der Waals surface area contributed by atoms with Gasteiger partial charge in [-0.25, -0.2) is 9.78 Å². The van der Waals surface area contributed by atoms with Crippen molar-refractivity contribution in [3.63, 3.8) is 0 Å². The van der Waals surface area contributed by atoms with Gasteiger partial charge in [0.1, 0.15) is 5.65 Å². The summed E-state index contributed by atoms with van der Waals surface area (Å²) in [6.45, 7) is 6.73. The Bertz CT molecular complexity index is 1100. The number of fused-ring (bicyclic) bond motifs is 1. The molecule has 0 fully saturated rings. The van der Waals surface area contributed by atoms with Crippen LogP contribution in [0.15, 0.2) is 52.2 Å². The quantitative estimate of drug-likeness (QED) is 0.712. The molecule has 0 bridgehead atoms. The zero-order valence-corrected chi connectivity index (χ0v) is 16.3. The summed E-state index contributed by atoms with van der Waals surface area (Å²) in [5.74, 6) is -0.208. The summed E-state index contributed by atoms with van der Waals surface area (Å²) >= 11 is 0. The molecule has 146 valence electrons. The summed E-state index contributed by atoms with van der Waals surface area (Å²) in [4.78, 5) is 45.8. The van der Waals surface area contributed by atoms with Gasteiger partial charge < -0.3 is 4.90 Å². The largest absolute Gasteiger partial charge is 0.332 e. The molecule has 3 rings (SSSR count). The second-order valence-electron chi connectivity index (χ2n) is 7.02. The Morgan fingerprint density at radius 2 is 1.93 bits per heavy atom. The van der Waals surface area contributed by atoms with Crippen LogP contribution in [0.4, 0.5) is 0 Å². The molecule has 1 aromatic carbocycles. The van der Waals surface area contributed by atoms with E-state index >= 15 is 0 Å². The summed E-state index contributed by atoms with van der Waals surface area (Å²) in [6, 6.07) is 11.2. The van der Waals surface area contributed by atoms with Gasteiger partial charge in [0.15, 0.2) is 0 Å². The molecule has 2 heterocycles. The van der Waals surface area contributed by atoms with Crippen molar-refractivity contribution in [2.24, 2.45) is 0 Å². The van der Waals surface area contributed by atoms with Crippen LogP contribution < -0.4 is 11.2 Å². The molecule has 0 aliphatic carbocycles. The Balaban J connectivity index is 2.03. The van der Waals surface area contributed by atoms with Crippen molar-refractivity contribution >= 4 is 16.9 Å². The van der Waals surface area contributed by atoms with Gasteiger partial charge >= 0.3 is 5.69 Å². The number of hydrogen-bond donors (Lipinski definition) is 1. The van der Waals surface area contributed by atoms with Crippen molar-refractivity contribution < 1.29 is 4.79 Å². The molecular weight excluding hydrogens is 356 g/mol. The minimum absolute atomic E-state index is 0.0317. The standard InChI is InChI=1S/C21H24N4O3/c1-4-10-24-18-17(19(26)23-21(24)28)11-16(12-22-18)20(27)25(14(2)3)13-15-8-6-5-7-9-15/h5-9,11-12,14H,4,10,13H2,1-3H3,(H,23,26,28). The molecule has 0 unspecified atom stereocenters. The molecule has 0 aliphatic heterocycles. The average Bonchev–Trinajstić information content (AvgIpc) is 2.69. The number of carbonyl (C=O) groups is 1. The lowest BCUT2D eigenvalue weighted by Gasteiger charge is -2.27. The topological polar surface area (TPSA) is 88.1 Å². The van der Waals surface area contributed by atoms with E-state index in [1.807, 2.05) is 51.1 Å². The maximum Gasteiger partial charge on any atom is 0.329 e. The van der Waals surface area contributed by atoms with Crippen LogP contribution in [0, 0.1) is 0 Å². The van der Waals surface area contributed by atoms with Crippen molar-refractivity contribution in [1.82, 2.24) is 19.4 Å². The predicted molar refractivity (Wildman–Crippen MR) is 108 cm³/mol. The van der Waals surface area contributed by atoms with Crippen LogP contribution in [0.5, 0.6) is 0 Å². The van der Waals surface area contributed by atoms with E-state index in [1.54, 1.807) is 4.90 Å². The van der Waals surface area contributed by atoms with Gasteiger partial charge in [0.05, 0.1) is 10.9 Å². The van der Waals surface area contributed by atoms with Crippen molar-refractivity contribution in [3.05, 3.63) is 74.6 Å². The molecule has 1 N–H and O–H groups in total. The monoisotopic (exact) mass is 380 g/mol. The smallest absolute Gasteiger partial charge is 0.329 e. The Morgan fingerprint density at radius 3 is 2.57 bits per heavy atom. The van der Waals surface area contributed by atoms with Gasteiger partial charge in [0.2, 0.25) is 0 Å². The third-order valence-corrected chi connectivity index (χ3v) is 4.61. The van der Waals surface area contributed by atoms with Crippen LogP contribution in [0.3, 0.4) is 0 Å².